The molecular weight excluding hydrogens is 384 g/mol. The van der Waals surface area contributed by atoms with Crippen LogP contribution in [0.25, 0.3) is 11.1 Å². The predicted molar refractivity (Wildman–Crippen MR) is 111 cm³/mol. The summed E-state index contributed by atoms with van der Waals surface area (Å²) in [5.41, 5.74) is 3.60. The van der Waals surface area contributed by atoms with Crippen LogP contribution in [0.5, 0.6) is 0 Å². The van der Waals surface area contributed by atoms with Crippen LogP contribution >= 0.6 is 11.3 Å². The van der Waals surface area contributed by atoms with Crippen LogP contribution in [0.15, 0.2) is 60.0 Å². The molecule has 2 aromatic carbocycles. The van der Waals surface area contributed by atoms with Gasteiger partial charge >= 0.3 is 0 Å². The van der Waals surface area contributed by atoms with Crippen LogP contribution in [0.1, 0.15) is 36.0 Å². The van der Waals surface area contributed by atoms with Gasteiger partial charge in [0.1, 0.15) is 0 Å². The van der Waals surface area contributed by atoms with E-state index >= 15 is 0 Å². The molecule has 2 heterocycles. The molecule has 0 spiro atoms. The summed E-state index contributed by atoms with van der Waals surface area (Å²) in [6.07, 6.45) is 0. The maximum Gasteiger partial charge on any atom is 0.264 e. The molecule has 1 saturated heterocycles. The Morgan fingerprint density at radius 2 is 1.38 bits per heavy atom. The second kappa shape index (κ2) is 6.97. The van der Waals surface area contributed by atoms with Crippen LogP contribution < -0.4 is 0 Å². The Bertz CT molecular complexity index is 1130. The predicted octanol–water partition coefficient (Wildman–Crippen LogP) is 3.56. The van der Waals surface area contributed by atoms with Gasteiger partial charge in [-0.15, -0.1) is 11.3 Å². The molecule has 5 rings (SSSR count). The number of nitrogens with zero attached hydrogens (tertiary/aromatic N) is 2. The van der Waals surface area contributed by atoms with Crippen molar-refractivity contribution in [3.8, 4) is 11.1 Å². The third-order valence-electron chi connectivity index (χ3n) is 5.56. The van der Waals surface area contributed by atoms with Gasteiger partial charge in [-0.25, -0.2) is 0 Å². The normalized spacial score (nSPS) is 15.2. The Morgan fingerprint density at radius 3 is 2.07 bits per heavy atom. The fourth-order valence-corrected chi connectivity index (χ4v) is 4.70. The lowest BCUT2D eigenvalue weighted by atomic mass is 10.0. The van der Waals surface area contributed by atoms with Crippen molar-refractivity contribution in [2.75, 3.05) is 26.2 Å². The molecule has 1 fully saturated rings. The second-order valence-corrected chi connectivity index (χ2v) is 8.14. The highest BCUT2D eigenvalue weighted by Gasteiger charge is 2.29. The first-order valence-corrected chi connectivity index (χ1v) is 10.4. The SMILES string of the molecule is O=C1c2ccccc2-c2ccc(C(=O)N3CCN(C(=O)c4cccs4)CC3)cc21. The summed E-state index contributed by atoms with van der Waals surface area (Å²) in [5.74, 6) is -0.107. The fraction of sp³-hybridized carbons (Fsp3) is 0.174. The molecule has 29 heavy (non-hydrogen) atoms. The highest BCUT2D eigenvalue weighted by Crippen LogP contribution is 2.36. The molecule has 0 atom stereocenters. The third kappa shape index (κ3) is 2.96. The van der Waals surface area contributed by atoms with Crippen molar-refractivity contribution in [1.82, 2.24) is 9.80 Å². The van der Waals surface area contributed by atoms with Crippen molar-refractivity contribution < 1.29 is 14.4 Å². The van der Waals surface area contributed by atoms with E-state index < -0.39 is 0 Å². The van der Waals surface area contributed by atoms with Gasteiger partial charge in [0.15, 0.2) is 5.78 Å². The lowest BCUT2D eigenvalue weighted by Crippen LogP contribution is -2.50. The minimum Gasteiger partial charge on any atom is -0.335 e. The molecule has 6 heteroatoms. The first-order chi connectivity index (χ1) is 14.1. The molecule has 2 amide bonds. The zero-order valence-electron chi connectivity index (χ0n) is 15.6. The van der Waals surface area contributed by atoms with Gasteiger partial charge in [-0.3, -0.25) is 14.4 Å². The lowest BCUT2D eigenvalue weighted by molar-refractivity contribution is 0.0538. The van der Waals surface area contributed by atoms with E-state index in [-0.39, 0.29) is 17.6 Å². The van der Waals surface area contributed by atoms with Gasteiger partial charge in [0.25, 0.3) is 11.8 Å². The lowest BCUT2D eigenvalue weighted by Gasteiger charge is -2.34. The van der Waals surface area contributed by atoms with E-state index in [1.165, 1.54) is 11.3 Å². The van der Waals surface area contributed by atoms with Crippen molar-refractivity contribution in [2.24, 2.45) is 0 Å². The number of rotatable bonds is 2. The largest absolute Gasteiger partial charge is 0.335 e. The Kier molecular flexibility index (Phi) is 4.28. The topological polar surface area (TPSA) is 57.7 Å². The molecule has 0 bridgehead atoms. The van der Waals surface area contributed by atoms with Crippen LogP contribution in [-0.4, -0.2) is 53.6 Å². The molecule has 1 aromatic heterocycles. The Balaban J connectivity index is 1.31. The van der Waals surface area contributed by atoms with Gasteiger partial charge in [0, 0.05) is 42.9 Å². The minimum absolute atomic E-state index is 0.0213. The van der Waals surface area contributed by atoms with E-state index in [9.17, 15) is 14.4 Å². The van der Waals surface area contributed by atoms with E-state index in [2.05, 4.69) is 0 Å². The van der Waals surface area contributed by atoms with E-state index in [0.29, 0.717) is 42.9 Å². The molecule has 3 aromatic rings. The van der Waals surface area contributed by atoms with Crippen LogP contribution in [0.3, 0.4) is 0 Å². The second-order valence-electron chi connectivity index (χ2n) is 7.20. The molecule has 1 aliphatic heterocycles. The zero-order valence-corrected chi connectivity index (χ0v) is 16.4. The number of fused-ring (bicyclic) bond motifs is 3. The van der Waals surface area contributed by atoms with Gasteiger partial charge < -0.3 is 9.80 Å². The summed E-state index contributed by atoms with van der Waals surface area (Å²) in [4.78, 5) is 42.4. The van der Waals surface area contributed by atoms with Crippen molar-refractivity contribution in [1.29, 1.82) is 0 Å². The van der Waals surface area contributed by atoms with Crippen LogP contribution in [0, 0.1) is 0 Å². The first-order valence-electron chi connectivity index (χ1n) is 9.54. The number of hydrogen-bond acceptors (Lipinski definition) is 4. The first kappa shape index (κ1) is 17.8. The van der Waals surface area contributed by atoms with Crippen molar-refractivity contribution in [3.05, 3.63) is 81.5 Å². The Labute approximate surface area is 172 Å². The summed E-state index contributed by atoms with van der Waals surface area (Å²) in [5, 5.41) is 1.89. The van der Waals surface area contributed by atoms with E-state index in [1.807, 2.05) is 47.8 Å². The van der Waals surface area contributed by atoms with Gasteiger partial charge in [0.05, 0.1) is 4.88 Å². The minimum atomic E-state index is -0.0974. The monoisotopic (exact) mass is 402 g/mol. The quantitative estimate of drug-likeness (QED) is 0.515. The number of carbonyl (C=O) groups is 3. The smallest absolute Gasteiger partial charge is 0.264 e. The molecule has 5 nitrogen and oxygen atoms in total. The fourth-order valence-electron chi connectivity index (χ4n) is 4.01. The molecule has 0 N–H and O–H groups in total. The van der Waals surface area contributed by atoms with E-state index in [0.717, 1.165) is 16.0 Å². The van der Waals surface area contributed by atoms with Crippen molar-refractivity contribution in [2.45, 2.75) is 0 Å². The maximum absolute atomic E-state index is 13.0. The summed E-state index contributed by atoms with van der Waals surface area (Å²) in [7, 11) is 0. The molecule has 1 aliphatic carbocycles. The maximum atomic E-state index is 13.0. The van der Waals surface area contributed by atoms with Crippen LogP contribution in [0.2, 0.25) is 0 Å². The number of benzene rings is 2. The van der Waals surface area contributed by atoms with Crippen molar-refractivity contribution >= 4 is 28.9 Å². The molecular formula is C23H18N2O3S. The molecule has 0 saturated carbocycles. The molecule has 144 valence electrons. The summed E-state index contributed by atoms with van der Waals surface area (Å²) < 4.78 is 0. The number of thiophene rings is 1. The van der Waals surface area contributed by atoms with Gasteiger partial charge in [-0.1, -0.05) is 36.4 Å². The zero-order chi connectivity index (χ0) is 20.0. The van der Waals surface area contributed by atoms with Crippen LogP contribution in [-0.2, 0) is 0 Å². The molecule has 0 radical (unpaired) electrons. The van der Waals surface area contributed by atoms with Gasteiger partial charge in [-0.2, -0.15) is 0 Å². The highest BCUT2D eigenvalue weighted by atomic mass is 32.1. The standard InChI is InChI=1S/C23H18N2O3S/c26-21-18-5-2-1-4-16(18)17-8-7-15(14-19(17)21)22(27)24-9-11-25(12-10-24)23(28)20-6-3-13-29-20/h1-8,13-14H,9-12H2. The van der Waals surface area contributed by atoms with Gasteiger partial charge in [0.2, 0.25) is 0 Å². The highest BCUT2D eigenvalue weighted by molar-refractivity contribution is 7.12. The molecule has 2 aliphatic rings. The van der Waals surface area contributed by atoms with Crippen molar-refractivity contribution in [3.63, 3.8) is 0 Å². The average molecular weight is 402 g/mol. The Hall–Kier alpha value is -3.25. The summed E-state index contributed by atoms with van der Waals surface area (Å²) in [6.45, 7) is 2.00. The number of piperazine rings is 1. The Morgan fingerprint density at radius 1 is 0.724 bits per heavy atom. The van der Waals surface area contributed by atoms with E-state index in [1.54, 1.807) is 21.9 Å². The third-order valence-corrected chi connectivity index (χ3v) is 6.42. The molecule has 0 unspecified atom stereocenters. The average Bonchev–Trinajstić information content (AvgIpc) is 3.41. The number of hydrogen-bond donors (Lipinski definition) is 0. The number of ketones is 1. The number of carbonyl (C=O) groups excluding carboxylic acids is 3. The van der Waals surface area contributed by atoms with E-state index in [4.69, 9.17) is 0 Å². The summed E-state index contributed by atoms with van der Waals surface area (Å²) >= 11 is 1.43. The van der Waals surface area contributed by atoms with Crippen LogP contribution in [0.4, 0.5) is 0 Å². The van der Waals surface area contributed by atoms with Gasteiger partial charge in [-0.05, 0) is 34.7 Å². The number of amides is 2. The summed E-state index contributed by atoms with van der Waals surface area (Å²) in [6, 6.07) is 16.6.